The third-order valence-electron chi connectivity index (χ3n) is 3.52. The van der Waals surface area contributed by atoms with E-state index in [1.165, 1.54) is 0 Å². The molecule has 0 aliphatic carbocycles. The van der Waals surface area contributed by atoms with Crippen LogP contribution in [0.5, 0.6) is 5.75 Å². The second kappa shape index (κ2) is 9.01. The maximum absolute atomic E-state index is 12.6. The van der Waals surface area contributed by atoms with Crippen LogP contribution in [0.25, 0.3) is 0 Å². The molecular weight excluding hydrogens is 302 g/mol. The van der Waals surface area contributed by atoms with Crippen LogP contribution < -0.4 is 10.1 Å². The third-order valence-corrected chi connectivity index (χ3v) is 3.82. The largest absolute Gasteiger partial charge is 0.495 e. The van der Waals surface area contributed by atoms with Gasteiger partial charge in [0.05, 0.1) is 12.1 Å². The van der Waals surface area contributed by atoms with Crippen molar-refractivity contribution in [1.29, 1.82) is 0 Å². The molecule has 1 rings (SSSR count). The van der Waals surface area contributed by atoms with Crippen molar-refractivity contribution in [1.82, 2.24) is 0 Å². The molecule has 0 bridgehead atoms. The highest BCUT2D eigenvalue weighted by Gasteiger charge is 2.33. The first-order valence-electron chi connectivity index (χ1n) is 7.75. The van der Waals surface area contributed by atoms with Crippen LogP contribution in [0.3, 0.4) is 0 Å². The van der Waals surface area contributed by atoms with Crippen molar-refractivity contribution in [2.75, 3.05) is 19.0 Å². The lowest BCUT2D eigenvalue weighted by molar-refractivity contribution is -0.140. The second-order valence-electron chi connectivity index (χ2n) is 5.49. The van der Waals surface area contributed by atoms with E-state index in [0.29, 0.717) is 29.5 Å². The van der Waals surface area contributed by atoms with Gasteiger partial charge in [0, 0.05) is 12.3 Å². The fourth-order valence-electron chi connectivity index (χ4n) is 2.10. The Hall–Kier alpha value is -1.26. The number of rotatable bonds is 9. The van der Waals surface area contributed by atoms with Gasteiger partial charge in [0.2, 0.25) is 0 Å². The first-order valence-corrected chi connectivity index (χ1v) is 8.13. The van der Waals surface area contributed by atoms with E-state index in [4.69, 9.17) is 21.1 Å². The number of unbranched alkanes of at least 4 members (excludes halogenated alkanes) is 1. The molecule has 124 valence electrons. The van der Waals surface area contributed by atoms with Gasteiger partial charge in [0.15, 0.2) is 0 Å². The standard InChI is InChI=1S/C17H26ClNO3/c1-5-7-10-17(3,22-11-6-2)16(20)19-13-8-9-15(21-4)14(18)12-13/h8-9,12H,5-7,10-11H2,1-4H3,(H,19,20)/t17-/m0/s1. The van der Waals surface area contributed by atoms with Crippen LogP contribution in [0.15, 0.2) is 18.2 Å². The van der Waals surface area contributed by atoms with Crippen LogP contribution in [0, 0.1) is 0 Å². The average molecular weight is 328 g/mol. The third kappa shape index (κ3) is 5.18. The molecule has 0 aromatic heterocycles. The topological polar surface area (TPSA) is 47.6 Å². The van der Waals surface area contributed by atoms with E-state index in [9.17, 15) is 4.79 Å². The molecule has 1 aromatic rings. The van der Waals surface area contributed by atoms with Crippen molar-refractivity contribution in [3.05, 3.63) is 23.2 Å². The summed E-state index contributed by atoms with van der Waals surface area (Å²) in [6.45, 7) is 6.54. The van der Waals surface area contributed by atoms with E-state index in [2.05, 4.69) is 12.2 Å². The molecule has 0 fully saturated rings. The zero-order valence-corrected chi connectivity index (χ0v) is 14.6. The van der Waals surface area contributed by atoms with Gasteiger partial charge in [-0.15, -0.1) is 0 Å². The summed E-state index contributed by atoms with van der Waals surface area (Å²) in [6, 6.07) is 5.18. The minimum absolute atomic E-state index is 0.143. The Morgan fingerprint density at radius 2 is 2.05 bits per heavy atom. The normalized spacial score (nSPS) is 13.5. The van der Waals surface area contributed by atoms with Gasteiger partial charge in [0.1, 0.15) is 11.4 Å². The van der Waals surface area contributed by atoms with Crippen LogP contribution in [-0.2, 0) is 9.53 Å². The van der Waals surface area contributed by atoms with Crippen LogP contribution in [0.1, 0.15) is 46.5 Å². The van der Waals surface area contributed by atoms with Gasteiger partial charge in [-0.1, -0.05) is 38.3 Å². The monoisotopic (exact) mass is 327 g/mol. The highest BCUT2D eigenvalue weighted by atomic mass is 35.5. The fourth-order valence-corrected chi connectivity index (χ4v) is 2.36. The second-order valence-corrected chi connectivity index (χ2v) is 5.89. The van der Waals surface area contributed by atoms with Gasteiger partial charge < -0.3 is 14.8 Å². The number of benzene rings is 1. The number of ether oxygens (including phenoxy) is 2. The average Bonchev–Trinajstić information content (AvgIpc) is 2.51. The van der Waals surface area contributed by atoms with Crippen molar-refractivity contribution in [2.45, 2.75) is 52.1 Å². The molecule has 1 N–H and O–H groups in total. The molecular formula is C17H26ClNO3. The van der Waals surface area contributed by atoms with Gasteiger partial charge in [-0.05, 0) is 38.0 Å². The Labute approximate surface area is 138 Å². The molecule has 22 heavy (non-hydrogen) atoms. The minimum atomic E-state index is -0.821. The Balaban J connectivity index is 2.83. The van der Waals surface area contributed by atoms with Crippen LogP contribution in [0.4, 0.5) is 5.69 Å². The number of amides is 1. The van der Waals surface area contributed by atoms with Gasteiger partial charge in [0.25, 0.3) is 5.91 Å². The Kier molecular flexibility index (Phi) is 7.69. The highest BCUT2D eigenvalue weighted by molar-refractivity contribution is 6.32. The molecule has 5 heteroatoms. The molecule has 1 aromatic carbocycles. The maximum atomic E-state index is 12.6. The Morgan fingerprint density at radius 1 is 1.32 bits per heavy atom. The Morgan fingerprint density at radius 3 is 2.59 bits per heavy atom. The highest BCUT2D eigenvalue weighted by Crippen LogP contribution is 2.28. The molecule has 0 aliphatic rings. The summed E-state index contributed by atoms with van der Waals surface area (Å²) in [7, 11) is 1.56. The molecule has 0 saturated heterocycles. The van der Waals surface area contributed by atoms with Crippen molar-refractivity contribution in [3.8, 4) is 5.75 Å². The molecule has 0 saturated carbocycles. The summed E-state index contributed by atoms with van der Waals surface area (Å²) in [6.07, 6.45) is 3.53. The summed E-state index contributed by atoms with van der Waals surface area (Å²) in [5, 5.41) is 3.35. The van der Waals surface area contributed by atoms with Crippen LogP contribution in [0.2, 0.25) is 5.02 Å². The van der Waals surface area contributed by atoms with E-state index < -0.39 is 5.60 Å². The predicted octanol–water partition coefficient (Wildman–Crippen LogP) is 4.66. The maximum Gasteiger partial charge on any atom is 0.256 e. The summed E-state index contributed by atoms with van der Waals surface area (Å²) in [5.74, 6) is 0.436. The van der Waals surface area contributed by atoms with Crippen LogP contribution in [-0.4, -0.2) is 25.2 Å². The summed E-state index contributed by atoms with van der Waals surface area (Å²) < 4.78 is 10.9. The van der Waals surface area contributed by atoms with Gasteiger partial charge in [-0.25, -0.2) is 0 Å². The predicted molar refractivity (Wildman–Crippen MR) is 90.8 cm³/mol. The molecule has 1 amide bonds. The minimum Gasteiger partial charge on any atom is -0.495 e. The number of hydrogen-bond donors (Lipinski definition) is 1. The number of halogens is 1. The van der Waals surface area contributed by atoms with Gasteiger partial charge >= 0.3 is 0 Å². The zero-order valence-electron chi connectivity index (χ0n) is 13.9. The van der Waals surface area contributed by atoms with Gasteiger partial charge in [-0.3, -0.25) is 4.79 Å². The lowest BCUT2D eigenvalue weighted by Gasteiger charge is -2.28. The van der Waals surface area contributed by atoms with Crippen molar-refractivity contribution < 1.29 is 14.3 Å². The summed E-state index contributed by atoms with van der Waals surface area (Å²) in [5.41, 5.74) is -0.183. The van der Waals surface area contributed by atoms with Crippen molar-refractivity contribution in [2.24, 2.45) is 0 Å². The van der Waals surface area contributed by atoms with Crippen LogP contribution >= 0.6 is 11.6 Å². The first-order chi connectivity index (χ1) is 10.5. The quantitative estimate of drug-likeness (QED) is 0.717. The number of hydrogen-bond acceptors (Lipinski definition) is 3. The lowest BCUT2D eigenvalue weighted by atomic mass is 9.97. The summed E-state index contributed by atoms with van der Waals surface area (Å²) in [4.78, 5) is 12.6. The van der Waals surface area contributed by atoms with Gasteiger partial charge in [-0.2, -0.15) is 0 Å². The molecule has 1 atom stereocenters. The molecule has 0 radical (unpaired) electrons. The Bertz CT molecular complexity index is 483. The molecule has 0 heterocycles. The van der Waals surface area contributed by atoms with E-state index in [1.807, 2.05) is 13.8 Å². The number of methoxy groups -OCH3 is 1. The lowest BCUT2D eigenvalue weighted by Crippen LogP contribution is -2.43. The fraction of sp³-hybridized carbons (Fsp3) is 0.588. The zero-order chi connectivity index (χ0) is 16.6. The summed E-state index contributed by atoms with van der Waals surface area (Å²) >= 11 is 6.09. The molecule has 4 nitrogen and oxygen atoms in total. The number of nitrogens with one attached hydrogen (secondary N) is 1. The number of anilines is 1. The smallest absolute Gasteiger partial charge is 0.256 e. The van der Waals surface area contributed by atoms with Crippen molar-refractivity contribution >= 4 is 23.2 Å². The molecule has 0 spiro atoms. The first kappa shape index (κ1) is 18.8. The van der Waals surface area contributed by atoms with Crippen molar-refractivity contribution in [3.63, 3.8) is 0 Å². The van der Waals surface area contributed by atoms with E-state index >= 15 is 0 Å². The number of carbonyl (C=O) groups excluding carboxylic acids is 1. The van der Waals surface area contributed by atoms with E-state index in [-0.39, 0.29) is 5.91 Å². The SMILES string of the molecule is CCCC[C@](C)(OCCC)C(=O)Nc1ccc(OC)c(Cl)c1. The molecule has 0 unspecified atom stereocenters. The number of carbonyl (C=O) groups is 1. The van der Waals surface area contributed by atoms with E-state index in [0.717, 1.165) is 19.3 Å². The van der Waals surface area contributed by atoms with E-state index in [1.54, 1.807) is 25.3 Å². The molecule has 0 aliphatic heterocycles.